The Bertz CT molecular complexity index is 720. The third kappa shape index (κ3) is 2.69. The number of likely N-dealkylation sites (tertiary alicyclic amines) is 1. The van der Waals surface area contributed by atoms with Crippen LogP contribution in [0.5, 0.6) is 0 Å². The van der Waals surface area contributed by atoms with E-state index >= 15 is 0 Å². The maximum atomic E-state index is 4.50. The van der Waals surface area contributed by atoms with E-state index in [1.807, 2.05) is 35.3 Å². The van der Waals surface area contributed by atoms with Gasteiger partial charge in [-0.1, -0.05) is 18.2 Å². The van der Waals surface area contributed by atoms with E-state index < -0.39 is 0 Å². The van der Waals surface area contributed by atoms with E-state index in [1.54, 1.807) is 11.3 Å². The Morgan fingerprint density at radius 3 is 2.95 bits per heavy atom. The third-order valence-corrected chi connectivity index (χ3v) is 5.02. The number of para-hydroxylation sites is 1. The molecule has 1 saturated heterocycles. The summed E-state index contributed by atoms with van der Waals surface area (Å²) in [6, 6.07) is 10.7. The van der Waals surface area contributed by atoms with Crippen LogP contribution in [-0.4, -0.2) is 26.2 Å². The van der Waals surface area contributed by atoms with Crippen LogP contribution >= 0.6 is 11.3 Å². The van der Waals surface area contributed by atoms with Crippen molar-refractivity contribution < 1.29 is 0 Å². The Hall–Kier alpha value is -1.98. The largest absolute Gasteiger partial charge is 0.290 e. The van der Waals surface area contributed by atoms with Crippen molar-refractivity contribution in [1.29, 1.82) is 0 Å². The molecule has 0 N–H and O–H groups in total. The molecule has 1 aliphatic heterocycles. The molecule has 1 atom stereocenters. The predicted molar refractivity (Wildman–Crippen MR) is 88.1 cm³/mol. The molecule has 1 aromatic carbocycles. The number of hydrogen-bond donors (Lipinski definition) is 0. The summed E-state index contributed by atoms with van der Waals surface area (Å²) in [5, 5.41) is 7.81. The molecule has 0 bridgehead atoms. The third-order valence-electron chi connectivity index (χ3n) is 4.14. The molecular formula is C17H18N4S. The highest BCUT2D eigenvalue weighted by molar-refractivity contribution is 7.09. The molecule has 112 valence electrons. The van der Waals surface area contributed by atoms with Crippen LogP contribution in [0.3, 0.4) is 0 Å². The normalized spacial score (nSPS) is 18.8. The Kier molecular flexibility index (Phi) is 3.74. The second kappa shape index (κ2) is 6.02. The molecule has 1 fully saturated rings. The highest BCUT2D eigenvalue weighted by Crippen LogP contribution is 2.34. The molecule has 1 aliphatic rings. The summed E-state index contributed by atoms with van der Waals surface area (Å²) in [6.07, 6.45) is 8.47. The summed E-state index contributed by atoms with van der Waals surface area (Å²) in [4.78, 5) is 7.02. The van der Waals surface area contributed by atoms with Gasteiger partial charge in [-0.2, -0.15) is 5.10 Å². The fourth-order valence-electron chi connectivity index (χ4n) is 3.09. The fourth-order valence-corrected chi connectivity index (χ4v) is 3.90. The summed E-state index contributed by atoms with van der Waals surface area (Å²) >= 11 is 1.76. The summed E-state index contributed by atoms with van der Waals surface area (Å²) in [7, 11) is 0. The summed E-state index contributed by atoms with van der Waals surface area (Å²) in [6.45, 7) is 2.08. The van der Waals surface area contributed by atoms with Crippen LogP contribution in [0, 0.1) is 0 Å². The van der Waals surface area contributed by atoms with Gasteiger partial charge in [-0.25, -0.2) is 9.67 Å². The number of aromatic nitrogens is 3. The lowest BCUT2D eigenvalue weighted by molar-refractivity contribution is 0.248. The van der Waals surface area contributed by atoms with Crippen LogP contribution in [0.4, 0.5) is 0 Å². The first-order valence-corrected chi connectivity index (χ1v) is 8.50. The zero-order chi connectivity index (χ0) is 14.8. The van der Waals surface area contributed by atoms with Gasteiger partial charge in [-0.3, -0.25) is 4.90 Å². The minimum absolute atomic E-state index is 0.472. The lowest BCUT2D eigenvalue weighted by Gasteiger charge is -2.21. The number of benzene rings is 1. The van der Waals surface area contributed by atoms with Gasteiger partial charge in [-0.15, -0.1) is 11.3 Å². The zero-order valence-electron chi connectivity index (χ0n) is 12.3. The summed E-state index contributed by atoms with van der Waals surface area (Å²) in [5.74, 6) is 0. The quantitative estimate of drug-likeness (QED) is 0.737. The van der Waals surface area contributed by atoms with Crippen molar-refractivity contribution in [3.05, 3.63) is 64.9 Å². The van der Waals surface area contributed by atoms with Gasteiger partial charge in [0.1, 0.15) is 5.01 Å². The molecular weight excluding hydrogens is 292 g/mol. The topological polar surface area (TPSA) is 34.0 Å². The average Bonchev–Trinajstić information content (AvgIpc) is 3.30. The van der Waals surface area contributed by atoms with E-state index in [1.165, 1.54) is 23.4 Å². The average molecular weight is 310 g/mol. The maximum absolute atomic E-state index is 4.50. The molecule has 0 unspecified atom stereocenters. The Balaban J connectivity index is 1.51. The van der Waals surface area contributed by atoms with E-state index in [0.29, 0.717) is 6.04 Å². The van der Waals surface area contributed by atoms with Gasteiger partial charge in [-0.05, 0) is 31.5 Å². The zero-order valence-corrected chi connectivity index (χ0v) is 13.1. The maximum Gasteiger partial charge on any atom is 0.110 e. The van der Waals surface area contributed by atoms with Crippen LogP contribution in [0.1, 0.15) is 29.5 Å². The smallest absolute Gasteiger partial charge is 0.110 e. The van der Waals surface area contributed by atoms with Crippen LogP contribution in [0.2, 0.25) is 0 Å². The van der Waals surface area contributed by atoms with Gasteiger partial charge in [0.15, 0.2) is 0 Å². The van der Waals surface area contributed by atoms with Crippen LogP contribution in [0.25, 0.3) is 5.69 Å². The molecule has 0 radical (unpaired) electrons. The second-order valence-electron chi connectivity index (χ2n) is 5.63. The molecule has 4 nitrogen and oxygen atoms in total. The first-order valence-electron chi connectivity index (χ1n) is 7.62. The first-order chi connectivity index (χ1) is 10.9. The van der Waals surface area contributed by atoms with Crippen molar-refractivity contribution in [1.82, 2.24) is 19.7 Å². The minimum Gasteiger partial charge on any atom is -0.290 e. The standard InChI is InChI=1S/C17H18N4S/c1-2-5-15(6-3-1)21-13-14(11-19-21)12-20-9-4-7-16(20)17-18-8-10-22-17/h1-3,5-6,8,10-11,13,16H,4,7,9,12H2/t16-/m0/s1. The number of nitrogens with zero attached hydrogens (tertiary/aromatic N) is 4. The van der Waals surface area contributed by atoms with E-state index in [2.05, 4.69) is 38.7 Å². The Labute approximate surface area is 134 Å². The van der Waals surface area contributed by atoms with Gasteiger partial charge >= 0.3 is 0 Å². The molecule has 3 heterocycles. The molecule has 0 spiro atoms. The lowest BCUT2D eigenvalue weighted by Crippen LogP contribution is -2.22. The fraction of sp³-hybridized carbons (Fsp3) is 0.294. The second-order valence-corrected chi connectivity index (χ2v) is 6.55. The van der Waals surface area contributed by atoms with Crippen molar-refractivity contribution in [3.63, 3.8) is 0 Å². The van der Waals surface area contributed by atoms with Crippen LogP contribution < -0.4 is 0 Å². The van der Waals surface area contributed by atoms with E-state index in [0.717, 1.165) is 18.8 Å². The van der Waals surface area contributed by atoms with Crippen LogP contribution in [-0.2, 0) is 6.54 Å². The molecule has 22 heavy (non-hydrogen) atoms. The molecule has 4 rings (SSSR count). The molecule has 5 heteroatoms. The molecule has 3 aromatic rings. The van der Waals surface area contributed by atoms with Crippen molar-refractivity contribution >= 4 is 11.3 Å². The van der Waals surface area contributed by atoms with Gasteiger partial charge in [0.2, 0.25) is 0 Å². The molecule has 0 saturated carbocycles. The van der Waals surface area contributed by atoms with Crippen molar-refractivity contribution in [2.24, 2.45) is 0 Å². The number of thiazole rings is 1. The van der Waals surface area contributed by atoms with Crippen molar-refractivity contribution in [2.45, 2.75) is 25.4 Å². The molecule has 0 aliphatic carbocycles. The number of rotatable bonds is 4. The highest BCUT2D eigenvalue weighted by atomic mass is 32.1. The van der Waals surface area contributed by atoms with Crippen molar-refractivity contribution in [2.75, 3.05) is 6.54 Å². The Morgan fingerprint density at radius 1 is 1.23 bits per heavy atom. The van der Waals surface area contributed by atoms with E-state index in [9.17, 15) is 0 Å². The van der Waals surface area contributed by atoms with E-state index in [-0.39, 0.29) is 0 Å². The van der Waals surface area contributed by atoms with E-state index in [4.69, 9.17) is 0 Å². The minimum atomic E-state index is 0.472. The van der Waals surface area contributed by atoms with Crippen molar-refractivity contribution in [3.8, 4) is 5.69 Å². The van der Waals surface area contributed by atoms with Gasteiger partial charge < -0.3 is 0 Å². The first kappa shape index (κ1) is 13.7. The number of hydrogen-bond acceptors (Lipinski definition) is 4. The lowest BCUT2D eigenvalue weighted by atomic mass is 10.2. The van der Waals surface area contributed by atoms with Gasteiger partial charge in [0, 0.05) is 29.9 Å². The molecule has 2 aromatic heterocycles. The predicted octanol–water partition coefficient (Wildman–Crippen LogP) is 3.67. The highest BCUT2D eigenvalue weighted by Gasteiger charge is 2.27. The van der Waals surface area contributed by atoms with Gasteiger partial charge in [0.25, 0.3) is 0 Å². The monoisotopic (exact) mass is 310 g/mol. The van der Waals surface area contributed by atoms with Crippen LogP contribution in [0.15, 0.2) is 54.3 Å². The Morgan fingerprint density at radius 2 is 2.14 bits per heavy atom. The summed E-state index contributed by atoms with van der Waals surface area (Å²) < 4.78 is 1.95. The molecule has 0 amide bonds. The van der Waals surface area contributed by atoms with Gasteiger partial charge in [0.05, 0.1) is 17.9 Å². The SMILES string of the molecule is c1ccc(-n2cc(CN3CCC[C@H]3c3nccs3)cn2)cc1. The summed E-state index contributed by atoms with van der Waals surface area (Å²) in [5.41, 5.74) is 2.36.